The standard InChI is InChI=1S/C28H22ClFO2/c1-19(21-5-3-2-4-6-21)17-20-7-9-22(10-8-20)23-11-13-24(14-12-23)28(31)32-25-15-16-26(29)27(30)18-25/h2-16,18-19H,17H2,1H3/t19-/m0/s1. The number of benzene rings is 4. The summed E-state index contributed by atoms with van der Waals surface area (Å²) in [5.74, 6) is -0.625. The third-order valence-corrected chi connectivity index (χ3v) is 5.73. The quantitative estimate of drug-likeness (QED) is 0.225. The van der Waals surface area contributed by atoms with Crippen LogP contribution < -0.4 is 4.74 Å². The van der Waals surface area contributed by atoms with Gasteiger partial charge in [-0.2, -0.15) is 0 Å². The van der Waals surface area contributed by atoms with E-state index in [4.69, 9.17) is 16.3 Å². The Labute approximate surface area is 192 Å². The van der Waals surface area contributed by atoms with Gasteiger partial charge in [0.1, 0.15) is 11.6 Å². The van der Waals surface area contributed by atoms with Gasteiger partial charge in [0.05, 0.1) is 10.6 Å². The van der Waals surface area contributed by atoms with Crippen LogP contribution >= 0.6 is 11.6 Å². The molecular weight excluding hydrogens is 423 g/mol. The normalized spacial score (nSPS) is 11.7. The Morgan fingerprint density at radius 1 is 0.875 bits per heavy atom. The topological polar surface area (TPSA) is 26.3 Å². The highest BCUT2D eigenvalue weighted by Crippen LogP contribution is 2.25. The summed E-state index contributed by atoms with van der Waals surface area (Å²) in [6, 6.07) is 30.0. The lowest BCUT2D eigenvalue weighted by Gasteiger charge is -2.12. The van der Waals surface area contributed by atoms with Gasteiger partial charge in [0.25, 0.3) is 0 Å². The number of carbonyl (C=O) groups excluding carboxylic acids is 1. The molecule has 160 valence electrons. The highest BCUT2D eigenvalue weighted by Gasteiger charge is 2.11. The van der Waals surface area contributed by atoms with Gasteiger partial charge >= 0.3 is 5.97 Å². The van der Waals surface area contributed by atoms with Crippen LogP contribution in [0.15, 0.2) is 97.1 Å². The lowest BCUT2D eigenvalue weighted by Crippen LogP contribution is -2.08. The molecule has 32 heavy (non-hydrogen) atoms. The van der Waals surface area contributed by atoms with Crippen LogP contribution in [-0.4, -0.2) is 5.97 Å². The van der Waals surface area contributed by atoms with Crippen molar-refractivity contribution in [2.75, 3.05) is 0 Å². The summed E-state index contributed by atoms with van der Waals surface area (Å²) in [6.45, 7) is 2.24. The van der Waals surface area contributed by atoms with Crippen molar-refractivity contribution < 1.29 is 13.9 Å². The molecule has 0 radical (unpaired) electrons. The maximum absolute atomic E-state index is 13.5. The first-order valence-electron chi connectivity index (χ1n) is 10.4. The second-order valence-corrected chi connectivity index (χ2v) is 8.16. The van der Waals surface area contributed by atoms with Crippen molar-refractivity contribution in [1.82, 2.24) is 0 Å². The Morgan fingerprint density at radius 3 is 2.12 bits per heavy atom. The molecule has 0 aliphatic heterocycles. The molecule has 0 N–H and O–H groups in total. The number of hydrogen-bond acceptors (Lipinski definition) is 2. The molecule has 0 fully saturated rings. The average Bonchev–Trinajstić information content (AvgIpc) is 2.82. The summed E-state index contributed by atoms with van der Waals surface area (Å²) >= 11 is 5.66. The third-order valence-electron chi connectivity index (χ3n) is 5.42. The Balaban J connectivity index is 1.41. The zero-order valence-electron chi connectivity index (χ0n) is 17.6. The molecule has 0 aliphatic rings. The van der Waals surface area contributed by atoms with Crippen LogP contribution in [0.5, 0.6) is 5.75 Å². The molecule has 0 spiro atoms. The van der Waals surface area contributed by atoms with Gasteiger partial charge in [0, 0.05) is 6.07 Å². The van der Waals surface area contributed by atoms with E-state index in [1.165, 1.54) is 23.3 Å². The molecule has 0 aromatic heterocycles. The monoisotopic (exact) mass is 444 g/mol. The van der Waals surface area contributed by atoms with Crippen LogP contribution in [0.2, 0.25) is 5.02 Å². The van der Waals surface area contributed by atoms with Crippen molar-refractivity contribution in [3.63, 3.8) is 0 Å². The maximum atomic E-state index is 13.5. The second-order valence-electron chi connectivity index (χ2n) is 7.76. The van der Waals surface area contributed by atoms with Crippen molar-refractivity contribution in [2.24, 2.45) is 0 Å². The molecule has 4 heteroatoms. The first kappa shape index (κ1) is 21.8. The number of hydrogen-bond donors (Lipinski definition) is 0. The predicted molar refractivity (Wildman–Crippen MR) is 127 cm³/mol. The number of ether oxygens (including phenoxy) is 1. The molecule has 1 atom stereocenters. The maximum Gasteiger partial charge on any atom is 0.343 e. The van der Waals surface area contributed by atoms with Crippen LogP contribution in [0.25, 0.3) is 11.1 Å². The fraction of sp³-hybridized carbons (Fsp3) is 0.107. The van der Waals surface area contributed by atoms with Gasteiger partial charge in [0.2, 0.25) is 0 Å². The Hall–Kier alpha value is -3.43. The minimum Gasteiger partial charge on any atom is -0.423 e. The van der Waals surface area contributed by atoms with E-state index in [2.05, 4.69) is 55.5 Å². The fourth-order valence-electron chi connectivity index (χ4n) is 3.59. The molecule has 0 saturated carbocycles. The zero-order chi connectivity index (χ0) is 22.5. The van der Waals surface area contributed by atoms with Crippen LogP contribution in [0.3, 0.4) is 0 Å². The van der Waals surface area contributed by atoms with Crippen LogP contribution in [0.4, 0.5) is 4.39 Å². The van der Waals surface area contributed by atoms with Gasteiger partial charge in [-0.25, -0.2) is 9.18 Å². The third kappa shape index (κ3) is 5.24. The summed E-state index contributed by atoms with van der Waals surface area (Å²) in [6.07, 6.45) is 0.973. The van der Waals surface area contributed by atoms with Crippen molar-refractivity contribution in [3.05, 3.63) is 125 Å². The van der Waals surface area contributed by atoms with Crippen LogP contribution in [0.1, 0.15) is 34.3 Å². The lowest BCUT2D eigenvalue weighted by atomic mass is 9.93. The first-order valence-corrected chi connectivity index (χ1v) is 10.8. The van der Waals surface area contributed by atoms with E-state index in [1.54, 1.807) is 12.1 Å². The zero-order valence-corrected chi connectivity index (χ0v) is 18.4. The minimum absolute atomic E-state index is 0.0188. The summed E-state index contributed by atoms with van der Waals surface area (Å²) in [5.41, 5.74) is 5.07. The minimum atomic E-state index is -0.631. The Morgan fingerprint density at radius 2 is 1.50 bits per heavy atom. The van der Waals surface area contributed by atoms with Gasteiger partial charge < -0.3 is 4.74 Å². The number of rotatable bonds is 6. The molecule has 0 saturated heterocycles. The van der Waals surface area contributed by atoms with Gasteiger partial charge in [-0.05, 0) is 58.9 Å². The lowest BCUT2D eigenvalue weighted by molar-refractivity contribution is 0.0734. The Bertz CT molecular complexity index is 1200. The predicted octanol–water partition coefficient (Wildman–Crippen LogP) is 7.71. The van der Waals surface area contributed by atoms with E-state index in [-0.39, 0.29) is 10.8 Å². The average molecular weight is 445 g/mol. The summed E-state index contributed by atoms with van der Waals surface area (Å²) in [7, 11) is 0. The van der Waals surface area contributed by atoms with Gasteiger partial charge in [-0.1, -0.05) is 85.3 Å². The van der Waals surface area contributed by atoms with Crippen LogP contribution in [0, 0.1) is 5.82 Å². The number of esters is 1. The smallest absolute Gasteiger partial charge is 0.343 e. The molecule has 0 unspecified atom stereocenters. The van der Waals surface area contributed by atoms with E-state index >= 15 is 0 Å². The van der Waals surface area contributed by atoms with E-state index in [0.717, 1.165) is 23.6 Å². The second kappa shape index (κ2) is 9.80. The van der Waals surface area contributed by atoms with E-state index in [1.807, 2.05) is 18.2 Å². The van der Waals surface area contributed by atoms with E-state index < -0.39 is 11.8 Å². The highest BCUT2D eigenvalue weighted by atomic mass is 35.5. The van der Waals surface area contributed by atoms with Crippen LogP contribution in [-0.2, 0) is 6.42 Å². The summed E-state index contributed by atoms with van der Waals surface area (Å²) in [5, 5.41) is -0.0188. The van der Waals surface area contributed by atoms with E-state index in [0.29, 0.717) is 11.5 Å². The molecule has 0 heterocycles. The molecule has 4 rings (SSSR count). The molecule has 0 aliphatic carbocycles. The van der Waals surface area contributed by atoms with Crippen molar-refractivity contribution >= 4 is 17.6 Å². The molecule has 0 amide bonds. The van der Waals surface area contributed by atoms with Gasteiger partial charge in [-0.3, -0.25) is 0 Å². The summed E-state index contributed by atoms with van der Waals surface area (Å²) < 4.78 is 18.8. The summed E-state index contributed by atoms with van der Waals surface area (Å²) in [4.78, 5) is 12.3. The van der Waals surface area contributed by atoms with Crippen molar-refractivity contribution in [1.29, 1.82) is 0 Å². The number of halogens is 2. The van der Waals surface area contributed by atoms with Crippen molar-refractivity contribution in [2.45, 2.75) is 19.3 Å². The SMILES string of the molecule is C[C@@H](Cc1ccc(-c2ccc(C(=O)Oc3ccc(Cl)c(F)c3)cc2)cc1)c1ccccc1. The molecular formula is C28H22ClFO2. The molecule has 0 bridgehead atoms. The fourth-order valence-corrected chi connectivity index (χ4v) is 3.71. The highest BCUT2D eigenvalue weighted by molar-refractivity contribution is 6.30. The van der Waals surface area contributed by atoms with Gasteiger partial charge in [0.15, 0.2) is 0 Å². The van der Waals surface area contributed by atoms with Crippen molar-refractivity contribution in [3.8, 4) is 16.9 Å². The molecule has 4 aromatic carbocycles. The Kier molecular flexibility index (Phi) is 6.67. The van der Waals surface area contributed by atoms with E-state index in [9.17, 15) is 9.18 Å². The molecule has 4 aromatic rings. The number of carbonyl (C=O) groups is 1. The largest absolute Gasteiger partial charge is 0.423 e. The van der Waals surface area contributed by atoms with Gasteiger partial charge in [-0.15, -0.1) is 0 Å². The first-order chi connectivity index (χ1) is 15.5. The molecule has 2 nitrogen and oxygen atoms in total.